The van der Waals surface area contributed by atoms with Gasteiger partial charge >= 0.3 is 0 Å². The smallest absolute Gasteiger partial charge is 0.175 e. The van der Waals surface area contributed by atoms with E-state index in [2.05, 4.69) is 18.3 Å². The monoisotopic (exact) mass is 307 g/mol. The van der Waals surface area contributed by atoms with E-state index in [1.807, 2.05) is 12.1 Å². The Kier molecular flexibility index (Phi) is 5.59. The Morgan fingerprint density at radius 3 is 2.48 bits per heavy atom. The molecule has 116 valence electrons. The van der Waals surface area contributed by atoms with Crippen LogP contribution in [0.15, 0.2) is 40.8 Å². The Labute approximate surface area is 128 Å². The van der Waals surface area contributed by atoms with E-state index in [4.69, 9.17) is 0 Å². The van der Waals surface area contributed by atoms with Gasteiger partial charge in [0.2, 0.25) is 0 Å². The van der Waals surface area contributed by atoms with Gasteiger partial charge in [-0.1, -0.05) is 23.8 Å². The Balaban J connectivity index is 1.85. The van der Waals surface area contributed by atoms with Gasteiger partial charge in [0.05, 0.1) is 4.90 Å². The number of rotatable bonds is 6. The maximum absolute atomic E-state index is 11.4. The van der Waals surface area contributed by atoms with Crippen LogP contribution in [0.25, 0.3) is 0 Å². The molecule has 0 aromatic heterocycles. The Hall–Kier alpha value is -1.13. The largest absolute Gasteiger partial charge is 0.310 e. The topological polar surface area (TPSA) is 46.2 Å². The average molecular weight is 307 g/mol. The van der Waals surface area contributed by atoms with Crippen molar-refractivity contribution >= 4 is 9.84 Å². The second-order valence-corrected chi connectivity index (χ2v) is 7.89. The van der Waals surface area contributed by atoms with Gasteiger partial charge in [0.15, 0.2) is 9.84 Å². The third-order valence-corrected chi connectivity index (χ3v) is 5.22. The molecule has 0 saturated heterocycles. The summed E-state index contributed by atoms with van der Waals surface area (Å²) in [6.45, 7) is 3.09. The fraction of sp³-hybridized carbons (Fsp3) is 0.529. The highest BCUT2D eigenvalue weighted by atomic mass is 32.2. The lowest BCUT2D eigenvalue weighted by Gasteiger charge is -2.17. The van der Waals surface area contributed by atoms with Gasteiger partial charge in [0.25, 0.3) is 0 Å². The molecule has 0 saturated carbocycles. The number of allylic oxidation sites excluding steroid dienone is 1. The van der Waals surface area contributed by atoms with Crippen LogP contribution in [0.5, 0.6) is 0 Å². The van der Waals surface area contributed by atoms with Gasteiger partial charge in [-0.2, -0.15) is 0 Å². The molecule has 0 aliphatic heterocycles. The summed E-state index contributed by atoms with van der Waals surface area (Å²) in [4.78, 5) is 0.380. The summed E-state index contributed by atoms with van der Waals surface area (Å²) < 4.78 is 22.9. The van der Waals surface area contributed by atoms with Crippen molar-refractivity contribution in [1.82, 2.24) is 5.32 Å². The highest BCUT2D eigenvalue weighted by molar-refractivity contribution is 7.90. The quantitative estimate of drug-likeness (QED) is 0.816. The average Bonchev–Trinajstić information content (AvgIpc) is 2.47. The Morgan fingerprint density at radius 1 is 1.19 bits per heavy atom. The van der Waals surface area contributed by atoms with E-state index in [0.29, 0.717) is 4.90 Å². The molecular formula is C17H25NO2S. The van der Waals surface area contributed by atoms with E-state index < -0.39 is 9.84 Å². The molecule has 0 fully saturated rings. The Morgan fingerprint density at radius 2 is 1.90 bits per heavy atom. The molecule has 21 heavy (non-hydrogen) atoms. The van der Waals surface area contributed by atoms with Crippen molar-refractivity contribution in [3.63, 3.8) is 0 Å². The van der Waals surface area contributed by atoms with Gasteiger partial charge in [-0.15, -0.1) is 0 Å². The molecule has 0 heterocycles. The van der Waals surface area contributed by atoms with Gasteiger partial charge in [0.1, 0.15) is 0 Å². The van der Waals surface area contributed by atoms with Crippen LogP contribution < -0.4 is 5.32 Å². The van der Waals surface area contributed by atoms with Gasteiger partial charge < -0.3 is 5.32 Å². The summed E-state index contributed by atoms with van der Waals surface area (Å²) in [7, 11) is -3.10. The zero-order chi connectivity index (χ0) is 15.3. The molecule has 0 amide bonds. The number of nitrogens with one attached hydrogen (secondary N) is 1. The van der Waals surface area contributed by atoms with Crippen LogP contribution in [0.1, 0.15) is 50.6 Å². The van der Waals surface area contributed by atoms with Crippen LogP contribution in [0.2, 0.25) is 0 Å². The van der Waals surface area contributed by atoms with Crippen molar-refractivity contribution in [2.45, 2.75) is 50.0 Å². The summed E-state index contributed by atoms with van der Waals surface area (Å²) in [5.74, 6) is 0. The number of sulfone groups is 1. The fourth-order valence-electron chi connectivity index (χ4n) is 2.70. The lowest BCUT2D eigenvalue weighted by molar-refractivity contribution is 0.562. The normalized spacial score (nSPS) is 17.3. The molecule has 1 N–H and O–H groups in total. The minimum Gasteiger partial charge on any atom is -0.310 e. The van der Waals surface area contributed by atoms with Crippen LogP contribution in [-0.4, -0.2) is 21.2 Å². The van der Waals surface area contributed by atoms with Crippen LogP contribution in [0.4, 0.5) is 0 Å². The zero-order valence-electron chi connectivity index (χ0n) is 12.9. The predicted octanol–water partition coefficient (Wildman–Crippen LogP) is 3.63. The van der Waals surface area contributed by atoms with Gasteiger partial charge in [-0.05, 0) is 63.3 Å². The minimum atomic E-state index is -3.10. The molecule has 1 atom stereocenters. The lowest BCUT2D eigenvalue weighted by atomic mass is 9.97. The number of hydrogen-bond acceptors (Lipinski definition) is 3. The van der Waals surface area contributed by atoms with E-state index in [-0.39, 0.29) is 6.04 Å². The van der Waals surface area contributed by atoms with Crippen LogP contribution in [-0.2, 0) is 9.84 Å². The van der Waals surface area contributed by atoms with E-state index in [1.165, 1.54) is 31.9 Å². The van der Waals surface area contributed by atoms with Gasteiger partial charge in [-0.3, -0.25) is 0 Å². The molecule has 4 heteroatoms. The first-order valence-electron chi connectivity index (χ1n) is 7.68. The lowest BCUT2D eigenvalue weighted by Crippen LogP contribution is -2.20. The SMILES string of the molecule is CC(NCCC1=CCCCC1)c1ccc(S(C)(=O)=O)cc1. The molecule has 0 radical (unpaired) electrons. The summed E-state index contributed by atoms with van der Waals surface area (Å²) in [5, 5.41) is 3.51. The molecule has 1 aromatic rings. The number of benzene rings is 1. The zero-order valence-corrected chi connectivity index (χ0v) is 13.7. The molecular weight excluding hydrogens is 282 g/mol. The van der Waals surface area contributed by atoms with Crippen molar-refractivity contribution in [3.05, 3.63) is 41.5 Å². The highest BCUT2D eigenvalue weighted by Crippen LogP contribution is 2.20. The van der Waals surface area contributed by atoms with E-state index >= 15 is 0 Å². The number of hydrogen-bond donors (Lipinski definition) is 1. The van der Waals surface area contributed by atoms with Crippen LogP contribution in [0, 0.1) is 0 Å². The summed E-state index contributed by atoms with van der Waals surface area (Å²) in [6, 6.07) is 7.41. The van der Waals surface area contributed by atoms with Crippen LogP contribution in [0.3, 0.4) is 0 Å². The van der Waals surface area contributed by atoms with Crippen molar-refractivity contribution in [2.24, 2.45) is 0 Å². The Bertz CT molecular complexity index is 588. The molecule has 3 nitrogen and oxygen atoms in total. The summed E-state index contributed by atoms with van der Waals surface area (Å²) >= 11 is 0. The van der Waals surface area contributed by atoms with E-state index in [1.54, 1.807) is 17.7 Å². The first kappa shape index (κ1) is 16.2. The standard InChI is InChI=1S/C17H25NO2S/c1-14(18-13-12-15-6-4-3-5-7-15)16-8-10-17(11-9-16)21(2,19)20/h6,8-11,14,18H,3-5,7,12-13H2,1-2H3. The first-order valence-corrected chi connectivity index (χ1v) is 9.57. The fourth-order valence-corrected chi connectivity index (χ4v) is 3.33. The predicted molar refractivity (Wildman–Crippen MR) is 87.1 cm³/mol. The van der Waals surface area contributed by atoms with Gasteiger partial charge in [0, 0.05) is 12.3 Å². The second kappa shape index (κ2) is 7.23. The molecule has 1 aliphatic carbocycles. The maximum atomic E-state index is 11.4. The molecule has 0 spiro atoms. The molecule has 0 bridgehead atoms. The van der Waals surface area contributed by atoms with Crippen molar-refractivity contribution in [1.29, 1.82) is 0 Å². The third kappa shape index (κ3) is 4.97. The van der Waals surface area contributed by atoms with E-state index in [9.17, 15) is 8.42 Å². The molecule has 1 unspecified atom stereocenters. The maximum Gasteiger partial charge on any atom is 0.175 e. The molecule has 1 aromatic carbocycles. The molecule has 1 aliphatic rings. The first-order chi connectivity index (χ1) is 9.97. The van der Waals surface area contributed by atoms with E-state index in [0.717, 1.165) is 18.5 Å². The third-order valence-electron chi connectivity index (χ3n) is 4.09. The highest BCUT2D eigenvalue weighted by Gasteiger charge is 2.10. The van der Waals surface area contributed by atoms with Crippen molar-refractivity contribution in [2.75, 3.05) is 12.8 Å². The summed E-state index contributed by atoms with van der Waals surface area (Å²) in [6.07, 6.45) is 9.88. The van der Waals surface area contributed by atoms with Crippen molar-refractivity contribution in [3.8, 4) is 0 Å². The second-order valence-electron chi connectivity index (χ2n) is 5.88. The molecule has 2 rings (SSSR count). The summed E-state index contributed by atoms with van der Waals surface area (Å²) in [5.41, 5.74) is 2.70. The minimum absolute atomic E-state index is 0.239. The van der Waals surface area contributed by atoms with Crippen molar-refractivity contribution < 1.29 is 8.42 Å². The van der Waals surface area contributed by atoms with Crippen LogP contribution >= 0.6 is 0 Å². The van der Waals surface area contributed by atoms with Gasteiger partial charge in [-0.25, -0.2) is 8.42 Å².